The molecule has 0 amide bonds. The van der Waals surface area contributed by atoms with Crippen molar-refractivity contribution in [3.63, 3.8) is 0 Å². The molecule has 0 unspecified atom stereocenters. The standard InChI is InChI=1S/C11H16S/c1-6-8-10(9(3)4)11(7-2)12-5/h6-8H,2-3H2,1,4-5H3/b8-6-,11-10-. The van der Waals surface area contributed by atoms with E-state index in [1.807, 2.05) is 32.3 Å². The van der Waals surface area contributed by atoms with E-state index in [2.05, 4.69) is 19.2 Å². The Morgan fingerprint density at radius 1 is 1.42 bits per heavy atom. The second-order valence-electron chi connectivity index (χ2n) is 2.47. The van der Waals surface area contributed by atoms with Crippen molar-refractivity contribution in [1.29, 1.82) is 0 Å². The molecule has 0 heterocycles. The first kappa shape index (κ1) is 11.3. The third-order valence-electron chi connectivity index (χ3n) is 1.46. The van der Waals surface area contributed by atoms with Crippen molar-refractivity contribution < 1.29 is 0 Å². The normalized spacial score (nSPS) is 12.9. The molecule has 0 spiro atoms. The lowest BCUT2D eigenvalue weighted by Gasteiger charge is -2.05. The van der Waals surface area contributed by atoms with Gasteiger partial charge in [0.25, 0.3) is 0 Å². The van der Waals surface area contributed by atoms with Crippen molar-refractivity contribution in [2.45, 2.75) is 13.8 Å². The quantitative estimate of drug-likeness (QED) is 0.590. The van der Waals surface area contributed by atoms with Gasteiger partial charge in [0.2, 0.25) is 0 Å². The van der Waals surface area contributed by atoms with E-state index in [9.17, 15) is 0 Å². The van der Waals surface area contributed by atoms with Gasteiger partial charge >= 0.3 is 0 Å². The molecule has 0 aromatic carbocycles. The zero-order valence-corrected chi connectivity index (χ0v) is 8.87. The second kappa shape index (κ2) is 5.90. The predicted molar refractivity (Wildman–Crippen MR) is 60.4 cm³/mol. The highest BCUT2D eigenvalue weighted by molar-refractivity contribution is 8.02. The highest BCUT2D eigenvalue weighted by Gasteiger charge is 1.99. The van der Waals surface area contributed by atoms with Crippen LogP contribution in [0.3, 0.4) is 0 Å². The molecule has 0 rings (SSSR count). The minimum atomic E-state index is 1.08. The number of allylic oxidation sites excluding steroid dienone is 5. The van der Waals surface area contributed by atoms with Crippen molar-refractivity contribution in [3.05, 3.63) is 47.4 Å². The lowest BCUT2D eigenvalue weighted by Crippen LogP contribution is -1.83. The Balaban J connectivity index is 5.02. The Bertz CT molecular complexity index is 231. The lowest BCUT2D eigenvalue weighted by atomic mass is 10.1. The van der Waals surface area contributed by atoms with Crippen LogP contribution in [0.25, 0.3) is 0 Å². The minimum Gasteiger partial charge on any atom is -0.129 e. The first-order valence-electron chi connectivity index (χ1n) is 3.86. The van der Waals surface area contributed by atoms with Crippen LogP contribution in [-0.2, 0) is 0 Å². The average molecular weight is 180 g/mol. The molecule has 12 heavy (non-hydrogen) atoms. The van der Waals surface area contributed by atoms with Crippen molar-refractivity contribution >= 4 is 11.8 Å². The maximum Gasteiger partial charge on any atom is 0.0138 e. The lowest BCUT2D eigenvalue weighted by molar-refractivity contribution is 1.43. The Hall–Kier alpha value is -0.690. The van der Waals surface area contributed by atoms with Crippen LogP contribution >= 0.6 is 11.8 Å². The van der Waals surface area contributed by atoms with Gasteiger partial charge in [-0.1, -0.05) is 31.4 Å². The fourth-order valence-corrected chi connectivity index (χ4v) is 1.53. The zero-order chi connectivity index (χ0) is 9.56. The molecular weight excluding hydrogens is 164 g/mol. The number of thioether (sulfide) groups is 1. The molecule has 0 aromatic rings. The van der Waals surface area contributed by atoms with E-state index in [-0.39, 0.29) is 0 Å². The molecule has 0 radical (unpaired) electrons. The molecule has 0 fully saturated rings. The van der Waals surface area contributed by atoms with Crippen LogP contribution in [0, 0.1) is 0 Å². The molecule has 1 heteroatoms. The highest BCUT2D eigenvalue weighted by atomic mass is 32.2. The van der Waals surface area contributed by atoms with Gasteiger partial charge in [-0.15, -0.1) is 11.8 Å². The maximum atomic E-state index is 3.92. The summed E-state index contributed by atoms with van der Waals surface area (Å²) in [6.07, 6.45) is 8.00. The van der Waals surface area contributed by atoms with Crippen molar-refractivity contribution in [2.75, 3.05) is 6.26 Å². The Kier molecular flexibility index (Phi) is 5.56. The number of hydrogen-bond donors (Lipinski definition) is 0. The first-order valence-corrected chi connectivity index (χ1v) is 5.09. The largest absolute Gasteiger partial charge is 0.129 e. The first-order chi connectivity index (χ1) is 5.67. The molecular formula is C11H16S. The molecule has 0 aliphatic rings. The second-order valence-corrected chi connectivity index (χ2v) is 3.31. The van der Waals surface area contributed by atoms with Crippen molar-refractivity contribution in [2.24, 2.45) is 0 Å². The summed E-state index contributed by atoms with van der Waals surface area (Å²) in [5.74, 6) is 0. The van der Waals surface area contributed by atoms with Crippen molar-refractivity contribution in [1.82, 2.24) is 0 Å². The van der Waals surface area contributed by atoms with Crippen LogP contribution in [-0.4, -0.2) is 6.26 Å². The summed E-state index contributed by atoms with van der Waals surface area (Å²) in [6.45, 7) is 11.7. The van der Waals surface area contributed by atoms with E-state index < -0.39 is 0 Å². The van der Waals surface area contributed by atoms with Crippen LogP contribution in [0.1, 0.15) is 13.8 Å². The van der Waals surface area contributed by atoms with Gasteiger partial charge < -0.3 is 0 Å². The summed E-state index contributed by atoms with van der Waals surface area (Å²) >= 11 is 1.70. The van der Waals surface area contributed by atoms with Crippen LogP contribution in [0.5, 0.6) is 0 Å². The molecule has 0 aromatic heterocycles. The van der Waals surface area contributed by atoms with Crippen LogP contribution in [0.4, 0.5) is 0 Å². The van der Waals surface area contributed by atoms with E-state index >= 15 is 0 Å². The summed E-state index contributed by atoms with van der Waals surface area (Å²) in [7, 11) is 0. The van der Waals surface area contributed by atoms with Crippen LogP contribution < -0.4 is 0 Å². The van der Waals surface area contributed by atoms with Gasteiger partial charge in [-0.2, -0.15) is 0 Å². The number of hydrogen-bond acceptors (Lipinski definition) is 1. The summed E-state index contributed by atoms with van der Waals surface area (Å²) in [4.78, 5) is 1.18. The van der Waals surface area contributed by atoms with Gasteiger partial charge in [0, 0.05) is 4.91 Å². The van der Waals surface area contributed by atoms with E-state index in [1.54, 1.807) is 11.8 Å². The number of rotatable bonds is 4. The van der Waals surface area contributed by atoms with Gasteiger partial charge in [0.1, 0.15) is 0 Å². The Morgan fingerprint density at radius 3 is 2.25 bits per heavy atom. The molecule has 0 saturated heterocycles. The monoisotopic (exact) mass is 180 g/mol. The van der Waals surface area contributed by atoms with E-state index in [4.69, 9.17) is 0 Å². The summed E-state index contributed by atoms with van der Waals surface area (Å²) in [5.41, 5.74) is 2.26. The molecule has 0 atom stereocenters. The fraction of sp³-hybridized carbons (Fsp3) is 0.273. The van der Waals surface area contributed by atoms with Crippen molar-refractivity contribution in [3.8, 4) is 0 Å². The Morgan fingerprint density at radius 2 is 2.00 bits per heavy atom. The molecule has 0 saturated carbocycles. The van der Waals surface area contributed by atoms with Crippen LogP contribution in [0.15, 0.2) is 47.4 Å². The maximum absolute atomic E-state index is 3.92. The molecule has 0 bridgehead atoms. The topological polar surface area (TPSA) is 0 Å². The third-order valence-corrected chi connectivity index (χ3v) is 2.29. The van der Waals surface area contributed by atoms with Gasteiger partial charge in [0.15, 0.2) is 0 Å². The summed E-state index contributed by atoms with van der Waals surface area (Å²) in [6, 6.07) is 0. The zero-order valence-electron chi connectivity index (χ0n) is 8.05. The van der Waals surface area contributed by atoms with Gasteiger partial charge in [0.05, 0.1) is 0 Å². The van der Waals surface area contributed by atoms with Gasteiger partial charge in [-0.25, -0.2) is 0 Å². The SMILES string of the molecule is C=C/C(SC)=C(\C=C/C)C(=C)C. The van der Waals surface area contributed by atoms with Crippen LogP contribution in [0.2, 0.25) is 0 Å². The average Bonchev–Trinajstić information content (AvgIpc) is 2.05. The van der Waals surface area contributed by atoms with E-state index in [0.29, 0.717) is 0 Å². The minimum absolute atomic E-state index is 1.08. The van der Waals surface area contributed by atoms with Gasteiger partial charge in [-0.05, 0) is 31.2 Å². The highest BCUT2D eigenvalue weighted by Crippen LogP contribution is 2.23. The molecule has 0 aliphatic heterocycles. The van der Waals surface area contributed by atoms with E-state index in [1.165, 1.54) is 10.5 Å². The molecule has 0 nitrogen and oxygen atoms in total. The smallest absolute Gasteiger partial charge is 0.0138 e. The molecule has 0 N–H and O–H groups in total. The molecule has 0 aliphatic carbocycles. The molecule has 66 valence electrons. The fourth-order valence-electron chi connectivity index (χ4n) is 0.905. The summed E-state index contributed by atoms with van der Waals surface area (Å²) in [5, 5.41) is 0. The summed E-state index contributed by atoms with van der Waals surface area (Å²) < 4.78 is 0. The third kappa shape index (κ3) is 3.14. The Labute approximate surface area is 79.8 Å². The van der Waals surface area contributed by atoms with Gasteiger partial charge in [-0.3, -0.25) is 0 Å². The van der Waals surface area contributed by atoms with E-state index in [0.717, 1.165) is 5.57 Å². The predicted octanol–water partition coefficient (Wildman–Crippen LogP) is 3.94.